The van der Waals surface area contributed by atoms with Gasteiger partial charge >= 0.3 is 6.18 Å². The largest absolute Gasteiger partial charge is 0.419 e. The van der Waals surface area contributed by atoms with Crippen LogP contribution in [0.3, 0.4) is 0 Å². The maximum Gasteiger partial charge on any atom is 0.419 e. The summed E-state index contributed by atoms with van der Waals surface area (Å²) in [4.78, 5) is 3.42. The van der Waals surface area contributed by atoms with Crippen molar-refractivity contribution >= 4 is 69.6 Å². The van der Waals surface area contributed by atoms with Gasteiger partial charge in [0, 0.05) is 17.3 Å². The van der Waals surface area contributed by atoms with Gasteiger partial charge in [0.25, 0.3) is 0 Å². The highest BCUT2D eigenvalue weighted by atomic mass is 35.5. The van der Waals surface area contributed by atoms with Gasteiger partial charge in [-0.2, -0.15) is 13.2 Å². The van der Waals surface area contributed by atoms with E-state index in [1.54, 1.807) is 0 Å². The zero-order valence-corrected chi connectivity index (χ0v) is 14.5. The molecule has 22 heavy (non-hydrogen) atoms. The molecule has 0 saturated heterocycles. The van der Waals surface area contributed by atoms with Crippen molar-refractivity contribution in [3.63, 3.8) is 0 Å². The van der Waals surface area contributed by atoms with Crippen LogP contribution in [0.1, 0.15) is 5.56 Å². The molecule has 0 radical (unpaired) electrons. The number of hydrogen-bond donors (Lipinski definition) is 0. The summed E-state index contributed by atoms with van der Waals surface area (Å²) < 4.78 is 39.7. The van der Waals surface area contributed by atoms with Crippen molar-refractivity contribution in [3.05, 3.63) is 48.1 Å². The quantitative estimate of drug-likeness (QED) is 0.257. The lowest BCUT2D eigenvalue weighted by molar-refractivity contribution is -0.137. The smallest absolute Gasteiger partial charge is 0.244 e. The highest BCUT2D eigenvalue weighted by molar-refractivity contribution is 6.56. The fraction of sp³-hybridized carbons (Fsp3) is 0.0833. The van der Waals surface area contributed by atoms with E-state index in [1.807, 2.05) is 0 Å². The van der Waals surface area contributed by atoms with Crippen molar-refractivity contribution in [1.29, 1.82) is 0 Å². The van der Waals surface area contributed by atoms with Crippen molar-refractivity contribution in [3.8, 4) is 11.1 Å². The third-order valence-electron chi connectivity index (χ3n) is 2.67. The van der Waals surface area contributed by atoms with Crippen molar-refractivity contribution < 1.29 is 13.2 Å². The van der Waals surface area contributed by atoms with Gasteiger partial charge in [0.05, 0.1) is 25.1 Å². The first-order valence-electron chi connectivity index (χ1n) is 5.30. The average molecular weight is 430 g/mol. The Morgan fingerprint density at radius 3 is 1.68 bits per heavy atom. The number of hydrogen-bond acceptors (Lipinski definition) is 1. The number of benzene rings is 1. The Morgan fingerprint density at radius 2 is 1.23 bits per heavy atom. The van der Waals surface area contributed by atoms with Gasteiger partial charge in [0.1, 0.15) is 10.7 Å². The summed E-state index contributed by atoms with van der Waals surface area (Å²) in [6.07, 6.45) is -3.71. The molecule has 0 N–H and O–H groups in total. The lowest BCUT2D eigenvalue weighted by Crippen LogP contribution is -2.09. The lowest BCUT2D eigenvalue weighted by Gasteiger charge is -2.17. The molecule has 10 heteroatoms. The van der Waals surface area contributed by atoms with E-state index in [0.717, 1.165) is 12.3 Å². The molecule has 0 aliphatic carbocycles. The SMILES string of the molecule is FC(F)(F)c1c(-c2c(Cl)c(Cl)c(Cl)c(Cl)c2Cl)ccnc1Cl. The zero-order chi connectivity index (χ0) is 16.8. The Morgan fingerprint density at radius 1 is 0.773 bits per heavy atom. The summed E-state index contributed by atoms with van der Waals surface area (Å²) in [5.41, 5.74) is -1.82. The summed E-state index contributed by atoms with van der Waals surface area (Å²) in [6, 6.07) is 1.06. The second-order valence-corrected chi connectivity index (χ2v) is 6.21. The number of aromatic nitrogens is 1. The second-order valence-electron chi connectivity index (χ2n) is 3.97. The van der Waals surface area contributed by atoms with Crippen LogP contribution in [0.5, 0.6) is 0 Å². The van der Waals surface area contributed by atoms with Gasteiger partial charge in [-0.3, -0.25) is 0 Å². The van der Waals surface area contributed by atoms with Crippen LogP contribution in [0, 0.1) is 0 Å². The van der Waals surface area contributed by atoms with Crippen LogP contribution in [0.15, 0.2) is 12.3 Å². The minimum absolute atomic E-state index is 0.157. The topological polar surface area (TPSA) is 12.9 Å². The molecule has 0 saturated carbocycles. The van der Waals surface area contributed by atoms with E-state index in [-0.39, 0.29) is 30.7 Å². The van der Waals surface area contributed by atoms with Crippen LogP contribution in [0.25, 0.3) is 11.1 Å². The molecule has 0 spiro atoms. The molecule has 0 atom stereocenters. The molecule has 0 aliphatic rings. The van der Waals surface area contributed by atoms with Crippen LogP contribution in [0.4, 0.5) is 13.2 Å². The van der Waals surface area contributed by atoms with Gasteiger partial charge in [-0.05, 0) is 6.07 Å². The van der Waals surface area contributed by atoms with E-state index in [4.69, 9.17) is 69.6 Å². The summed E-state index contributed by atoms with van der Waals surface area (Å²) >= 11 is 35.1. The predicted octanol–water partition coefficient (Wildman–Crippen LogP) is 7.69. The van der Waals surface area contributed by atoms with Gasteiger partial charge in [-0.25, -0.2) is 4.98 Å². The van der Waals surface area contributed by atoms with Crippen LogP contribution < -0.4 is 0 Å². The Hall–Kier alpha value is -0.100. The Bertz CT molecular complexity index is 730. The average Bonchev–Trinajstić information content (AvgIpc) is 2.42. The molecule has 1 nitrogen and oxygen atoms in total. The minimum atomic E-state index is -4.79. The molecule has 0 unspecified atom stereocenters. The molecular weight excluding hydrogens is 428 g/mol. The second kappa shape index (κ2) is 6.42. The normalized spacial score (nSPS) is 11.9. The van der Waals surface area contributed by atoms with Crippen molar-refractivity contribution in [2.75, 3.05) is 0 Å². The van der Waals surface area contributed by atoms with Crippen LogP contribution in [-0.4, -0.2) is 4.98 Å². The molecule has 2 aromatic rings. The minimum Gasteiger partial charge on any atom is -0.244 e. The van der Waals surface area contributed by atoms with Crippen molar-refractivity contribution in [1.82, 2.24) is 4.98 Å². The van der Waals surface area contributed by atoms with Gasteiger partial charge in [0.2, 0.25) is 0 Å². The van der Waals surface area contributed by atoms with E-state index >= 15 is 0 Å². The standard InChI is InChI=1S/C12H2Cl6F3N/c13-6-4(7(14)9(16)10(17)8(6)15)3-1-2-22-11(18)5(3)12(19,20)21/h1-2H. The van der Waals surface area contributed by atoms with E-state index < -0.39 is 22.5 Å². The number of rotatable bonds is 1. The molecule has 1 aromatic carbocycles. The Labute approximate surface area is 152 Å². The summed E-state index contributed by atoms with van der Waals surface area (Å²) in [5, 5.41) is -1.87. The molecule has 118 valence electrons. The van der Waals surface area contributed by atoms with Crippen LogP contribution >= 0.6 is 69.6 Å². The van der Waals surface area contributed by atoms with E-state index in [9.17, 15) is 13.2 Å². The highest BCUT2D eigenvalue weighted by Gasteiger charge is 2.38. The molecule has 0 fully saturated rings. The van der Waals surface area contributed by atoms with E-state index in [0.29, 0.717) is 0 Å². The predicted molar refractivity (Wildman–Crippen MR) is 84.7 cm³/mol. The van der Waals surface area contributed by atoms with Crippen LogP contribution in [-0.2, 0) is 6.18 Å². The van der Waals surface area contributed by atoms with E-state index in [2.05, 4.69) is 4.98 Å². The fourth-order valence-corrected chi connectivity index (χ4v) is 3.36. The third kappa shape index (κ3) is 3.10. The molecule has 0 amide bonds. The molecule has 2 rings (SSSR count). The van der Waals surface area contributed by atoms with Crippen LogP contribution in [0.2, 0.25) is 30.3 Å². The third-order valence-corrected chi connectivity index (χ3v) is 5.23. The first kappa shape index (κ1) is 18.2. The van der Waals surface area contributed by atoms with Gasteiger partial charge in [0.15, 0.2) is 0 Å². The van der Waals surface area contributed by atoms with Gasteiger partial charge in [-0.15, -0.1) is 0 Å². The lowest BCUT2D eigenvalue weighted by atomic mass is 10.0. The fourth-order valence-electron chi connectivity index (χ4n) is 1.76. The number of alkyl halides is 3. The zero-order valence-electron chi connectivity index (χ0n) is 10.0. The van der Waals surface area contributed by atoms with Crippen molar-refractivity contribution in [2.24, 2.45) is 0 Å². The molecule has 1 aromatic heterocycles. The summed E-state index contributed by atoms with van der Waals surface area (Å²) in [5.74, 6) is 0. The highest BCUT2D eigenvalue weighted by Crippen LogP contribution is 2.51. The monoisotopic (exact) mass is 427 g/mol. The number of halogens is 9. The van der Waals surface area contributed by atoms with Gasteiger partial charge in [-0.1, -0.05) is 69.6 Å². The molecule has 1 heterocycles. The van der Waals surface area contributed by atoms with Gasteiger partial charge < -0.3 is 0 Å². The van der Waals surface area contributed by atoms with Crippen molar-refractivity contribution in [2.45, 2.75) is 6.18 Å². The maximum atomic E-state index is 13.2. The summed E-state index contributed by atoms with van der Waals surface area (Å²) in [7, 11) is 0. The first-order valence-corrected chi connectivity index (χ1v) is 7.57. The first-order chi connectivity index (χ1) is 10.1. The molecule has 0 aliphatic heterocycles. The number of pyridine rings is 1. The number of nitrogens with zero attached hydrogens (tertiary/aromatic N) is 1. The molecular formula is C12H2Cl6F3N. The Kier molecular flexibility index (Phi) is 5.32. The Balaban J connectivity index is 2.94. The maximum absolute atomic E-state index is 13.2. The summed E-state index contributed by atoms with van der Waals surface area (Å²) in [6.45, 7) is 0. The molecule has 0 bridgehead atoms. The van der Waals surface area contributed by atoms with E-state index in [1.165, 1.54) is 0 Å².